The van der Waals surface area contributed by atoms with Gasteiger partial charge in [0.2, 0.25) is 0 Å². The number of benzene rings is 1. The first-order valence-electron chi connectivity index (χ1n) is 6.57. The highest BCUT2D eigenvalue weighted by atomic mass is 32.1. The summed E-state index contributed by atoms with van der Waals surface area (Å²) in [5, 5.41) is 8.10. The zero-order valence-electron chi connectivity index (χ0n) is 11.8. The molecule has 0 aliphatic carbocycles. The largest absolute Gasteiger partial charge is 0.496 e. The number of carbonyl (C=O) groups excluding carboxylic acids is 1. The van der Waals surface area contributed by atoms with Crippen LogP contribution in [0.25, 0.3) is 0 Å². The van der Waals surface area contributed by atoms with E-state index in [1.165, 1.54) is 0 Å². The molecule has 1 aliphatic rings. The second kappa shape index (κ2) is 5.75. The number of thiophene rings is 1. The van der Waals surface area contributed by atoms with Crippen LogP contribution >= 0.6 is 11.3 Å². The third-order valence-corrected chi connectivity index (χ3v) is 4.35. The van der Waals surface area contributed by atoms with Gasteiger partial charge in [-0.25, -0.2) is 0 Å². The number of carbonyl (C=O) groups is 1. The summed E-state index contributed by atoms with van der Waals surface area (Å²) in [6.45, 7) is 0.0733. The Morgan fingerprint density at radius 2 is 2.29 bits per heavy atom. The maximum absolute atomic E-state index is 11.4. The van der Waals surface area contributed by atoms with Gasteiger partial charge in [-0.2, -0.15) is 0 Å². The van der Waals surface area contributed by atoms with E-state index in [0.29, 0.717) is 11.4 Å². The number of anilines is 1. The van der Waals surface area contributed by atoms with Gasteiger partial charge in [0.25, 0.3) is 5.91 Å². The fraction of sp³-hybridized carbons (Fsp3) is 0.267. The Bertz CT molecular complexity index is 669. The third kappa shape index (κ3) is 2.72. The molecule has 0 saturated heterocycles. The van der Waals surface area contributed by atoms with E-state index in [1.807, 2.05) is 36.7 Å². The van der Waals surface area contributed by atoms with Gasteiger partial charge >= 0.3 is 0 Å². The standard InChI is InChI=1S/C15H16N2O3S/c1-16-15(13-6-10(19-2)8-21-13)9-3-4-12-11(5-9)17-14(18)7-20-12/h3-6,8,15-16H,7H2,1-2H3,(H,17,18). The molecule has 0 radical (unpaired) electrons. The van der Waals surface area contributed by atoms with Crippen LogP contribution in [0.4, 0.5) is 5.69 Å². The molecule has 1 aromatic carbocycles. The topological polar surface area (TPSA) is 59.6 Å². The summed E-state index contributed by atoms with van der Waals surface area (Å²) >= 11 is 1.63. The zero-order chi connectivity index (χ0) is 14.8. The van der Waals surface area contributed by atoms with Crippen LogP contribution in [0, 0.1) is 0 Å². The molecule has 6 heteroatoms. The van der Waals surface area contributed by atoms with Crippen molar-refractivity contribution in [2.45, 2.75) is 6.04 Å². The minimum atomic E-state index is -0.126. The van der Waals surface area contributed by atoms with Gasteiger partial charge < -0.3 is 20.1 Å². The Hall–Kier alpha value is -2.05. The summed E-state index contributed by atoms with van der Waals surface area (Å²) in [6, 6.07) is 7.89. The van der Waals surface area contributed by atoms with E-state index in [9.17, 15) is 4.79 Å². The van der Waals surface area contributed by atoms with Gasteiger partial charge in [0.05, 0.1) is 18.8 Å². The molecule has 1 amide bonds. The Morgan fingerprint density at radius 3 is 3.00 bits per heavy atom. The monoisotopic (exact) mass is 304 g/mol. The number of hydrogen-bond acceptors (Lipinski definition) is 5. The van der Waals surface area contributed by atoms with Crippen LogP contribution in [0.2, 0.25) is 0 Å². The number of methoxy groups -OCH3 is 1. The van der Waals surface area contributed by atoms with Crippen molar-refractivity contribution in [2.24, 2.45) is 0 Å². The number of ether oxygens (including phenoxy) is 2. The molecular formula is C15H16N2O3S. The Balaban J connectivity index is 1.94. The fourth-order valence-corrected chi connectivity index (χ4v) is 3.34. The summed E-state index contributed by atoms with van der Waals surface area (Å²) in [5.74, 6) is 1.43. The van der Waals surface area contributed by atoms with Crippen molar-refractivity contribution >= 4 is 22.9 Å². The molecule has 1 aromatic heterocycles. The van der Waals surface area contributed by atoms with Crippen LogP contribution < -0.4 is 20.1 Å². The molecule has 1 unspecified atom stereocenters. The van der Waals surface area contributed by atoms with Gasteiger partial charge in [-0.05, 0) is 30.8 Å². The lowest BCUT2D eigenvalue weighted by Gasteiger charge is -2.21. The second-order valence-corrected chi connectivity index (χ2v) is 5.65. The van der Waals surface area contributed by atoms with Gasteiger partial charge in [0, 0.05) is 10.3 Å². The lowest BCUT2D eigenvalue weighted by atomic mass is 10.0. The molecule has 1 aliphatic heterocycles. The molecule has 0 spiro atoms. The molecule has 21 heavy (non-hydrogen) atoms. The third-order valence-electron chi connectivity index (χ3n) is 3.37. The minimum absolute atomic E-state index is 0.0445. The highest BCUT2D eigenvalue weighted by Crippen LogP contribution is 2.35. The van der Waals surface area contributed by atoms with Crippen LogP contribution in [0.15, 0.2) is 29.6 Å². The fourth-order valence-electron chi connectivity index (χ4n) is 2.35. The molecule has 0 fully saturated rings. The van der Waals surface area contributed by atoms with Crippen molar-refractivity contribution in [1.82, 2.24) is 5.32 Å². The Kier molecular flexibility index (Phi) is 3.81. The van der Waals surface area contributed by atoms with Crippen LogP contribution in [0.5, 0.6) is 11.5 Å². The maximum Gasteiger partial charge on any atom is 0.262 e. The van der Waals surface area contributed by atoms with Crippen LogP contribution in [0.1, 0.15) is 16.5 Å². The Morgan fingerprint density at radius 1 is 1.43 bits per heavy atom. The molecular weight excluding hydrogens is 288 g/mol. The molecule has 2 aromatic rings. The number of amides is 1. The SMILES string of the molecule is CNC(c1ccc2c(c1)NC(=O)CO2)c1cc(OC)cs1. The molecule has 3 rings (SSSR count). The highest BCUT2D eigenvalue weighted by Gasteiger charge is 2.20. The number of nitrogens with one attached hydrogen (secondary N) is 2. The van der Waals surface area contributed by atoms with E-state index in [0.717, 1.165) is 16.2 Å². The summed E-state index contributed by atoms with van der Waals surface area (Å²) in [5.41, 5.74) is 1.78. The zero-order valence-corrected chi connectivity index (χ0v) is 12.6. The molecule has 1 atom stereocenters. The first-order valence-corrected chi connectivity index (χ1v) is 7.45. The summed E-state index contributed by atoms with van der Waals surface area (Å²) in [4.78, 5) is 12.6. The van der Waals surface area contributed by atoms with Crippen LogP contribution in [-0.2, 0) is 4.79 Å². The first-order chi connectivity index (χ1) is 10.2. The van der Waals surface area contributed by atoms with Crippen molar-refractivity contribution in [3.05, 3.63) is 40.1 Å². The quantitative estimate of drug-likeness (QED) is 0.910. The van der Waals surface area contributed by atoms with Gasteiger partial charge in [0.15, 0.2) is 6.61 Å². The highest BCUT2D eigenvalue weighted by molar-refractivity contribution is 7.10. The molecule has 2 N–H and O–H groups in total. The van der Waals surface area contributed by atoms with E-state index in [-0.39, 0.29) is 18.6 Å². The number of hydrogen-bond donors (Lipinski definition) is 2. The van der Waals surface area contributed by atoms with E-state index in [4.69, 9.17) is 9.47 Å². The lowest BCUT2D eigenvalue weighted by molar-refractivity contribution is -0.118. The minimum Gasteiger partial charge on any atom is -0.496 e. The summed E-state index contributed by atoms with van der Waals surface area (Å²) in [6.07, 6.45) is 0. The van der Waals surface area contributed by atoms with Crippen molar-refractivity contribution in [2.75, 3.05) is 26.1 Å². The lowest BCUT2D eigenvalue weighted by Crippen LogP contribution is -2.26. The van der Waals surface area contributed by atoms with Gasteiger partial charge in [0.1, 0.15) is 11.5 Å². The van der Waals surface area contributed by atoms with Crippen molar-refractivity contribution < 1.29 is 14.3 Å². The van der Waals surface area contributed by atoms with E-state index in [1.54, 1.807) is 18.4 Å². The predicted molar refractivity (Wildman–Crippen MR) is 82.3 cm³/mol. The van der Waals surface area contributed by atoms with E-state index >= 15 is 0 Å². The first kappa shape index (κ1) is 13.9. The summed E-state index contributed by atoms with van der Waals surface area (Å²) < 4.78 is 10.6. The number of fused-ring (bicyclic) bond motifs is 1. The molecule has 2 heterocycles. The van der Waals surface area contributed by atoms with Crippen LogP contribution in [-0.4, -0.2) is 26.7 Å². The van der Waals surface area contributed by atoms with Crippen molar-refractivity contribution in [3.8, 4) is 11.5 Å². The summed E-state index contributed by atoms with van der Waals surface area (Å²) in [7, 11) is 3.57. The van der Waals surface area contributed by atoms with Gasteiger partial charge in [-0.3, -0.25) is 4.79 Å². The molecule has 0 saturated carbocycles. The normalized spacial score (nSPS) is 14.9. The number of rotatable bonds is 4. The van der Waals surface area contributed by atoms with Crippen molar-refractivity contribution in [3.63, 3.8) is 0 Å². The second-order valence-electron chi connectivity index (χ2n) is 4.70. The molecule has 0 bridgehead atoms. The smallest absolute Gasteiger partial charge is 0.262 e. The average Bonchev–Trinajstić information content (AvgIpc) is 2.96. The molecule has 110 valence electrons. The van der Waals surface area contributed by atoms with Crippen molar-refractivity contribution in [1.29, 1.82) is 0 Å². The van der Waals surface area contributed by atoms with E-state index in [2.05, 4.69) is 10.6 Å². The van der Waals surface area contributed by atoms with Gasteiger partial charge in [-0.15, -0.1) is 11.3 Å². The average molecular weight is 304 g/mol. The van der Waals surface area contributed by atoms with Gasteiger partial charge in [-0.1, -0.05) is 6.07 Å². The molecule has 5 nitrogen and oxygen atoms in total. The maximum atomic E-state index is 11.4. The Labute approximate surface area is 126 Å². The van der Waals surface area contributed by atoms with E-state index < -0.39 is 0 Å². The predicted octanol–water partition coefficient (Wildman–Crippen LogP) is 2.40. The van der Waals surface area contributed by atoms with Crippen LogP contribution in [0.3, 0.4) is 0 Å².